The van der Waals surface area contributed by atoms with Crippen molar-refractivity contribution in [2.45, 2.75) is 0 Å². The highest BCUT2D eigenvalue weighted by Crippen LogP contribution is 2.33. The predicted octanol–water partition coefficient (Wildman–Crippen LogP) is 2.89. The lowest BCUT2D eigenvalue weighted by Gasteiger charge is -2.16. The molecule has 0 fully saturated rings. The lowest BCUT2D eigenvalue weighted by molar-refractivity contribution is 0.0839. The minimum Gasteiger partial charge on any atom is -0.267 e. The van der Waals surface area contributed by atoms with Gasteiger partial charge in [0, 0.05) is 5.39 Å². The molecule has 3 aromatic carbocycles. The van der Waals surface area contributed by atoms with Crippen molar-refractivity contribution in [2.75, 3.05) is 0 Å². The topological polar surface area (TPSA) is 48.2 Å². The van der Waals surface area contributed by atoms with Crippen LogP contribution in [0.2, 0.25) is 0 Å². The number of carbonyl (C=O) groups is 2. The molecule has 4 rings (SSSR count). The zero-order valence-corrected chi connectivity index (χ0v) is 9.88. The molecular formula is C16H8NO2. The summed E-state index contributed by atoms with van der Waals surface area (Å²) in [4.78, 5) is 23.9. The third-order valence-corrected chi connectivity index (χ3v) is 3.54. The fourth-order valence-electron chi connectivity index (χ4n) is 2.73. The van der Waals surface area contributed by atoms with Gasteiger partial charge in [-0.2, -0.15) is 5.32 Å². The van der Waals surface area contributed by atoms with E-state index in [9.17, 15) is 9.59 Å². The second-order valence-electron chi connectivity index (χ2n) is 4.60. The summed E-state index contributed by atoms with van der Waals surface area (Å²) in [5.74, 6) is -0.885. The van der Waals surface area contributed by atoms with Crippen LogP contribution in [0.1, 0.15) is 20.7 Å². The van der Waals surface area contributed by atoms with Gasteiger partial charge >= 0.3 is 0 Å². The van der Waals surface area contributed by atoms with Gasteiger partial charge < -0.3 is 0 Å². The van der Waals surface area contributed by atoms with Crippen LogP contribution in [0.3, 0.4) is 0 Å². The number of fused-ring (bicyclic) bond motifs is 2. The number of carbonyl (C=O) groups excluding carboxylic acids is 2. The molecule has 1 radical (unpaired) electrons. The highest BCUT2D eigenvalue weighted by Gasteiger charge is 2.28. The minimum atomic E-state index is -0.446. The summed E-state index contributed by atoms with van der Waals surface area (Å²) in [7, 11) is 0. The second kappa shape index (κ2) is 3.42. The Morgan fingerprint density at radius 3 is 2.47 bits per heavy atom. The lowest BCUT2D eigenvalue weighted by Crippen LogP contribution is -2.28. The van der Waals surface area contributed by atoms with E-state index in [0.717, 1.165) is 21.5 Å². The first-order valence-electron chi connectivity index (χ1n) is 6.00. The van der Waals surface area contributed by atoms with E-state index in [1.54, 1.807) is 6.07 Å². The van der Waals surface area contributed by atoms with Crippen LogP contribution in [-0.4, -0.2) is 11.8 Å². The van der Waals surface area contributed by atoms with Gasteiger partial charge in [0.15, 0.2) is 0 Å². The molecule has 0 aromatic heterocycles. The highest BCUT2D eigenvalue weighted by molar-refractivity contribution is 6.30. The summed E-state index contributed by atoms with van der Waals surface area (Å²) in [6, 6.07) is 15.1. The van der Waals surface area contributed by atoms with Crippen LogP contribution in [0.4, 0.5) is 0 Å². The molecule has 0 saturated carbocycles. The summed E-state index contributed by atoms with van der Waals surface area (Å²) in [6.07, 6.45) is 0. The smallest absolute Gasteiger partial charge is 0.267 e. The van der Waals surface area contributed by atoms with Gasteiger partial charge in [0.1, 0.15) is 0 Å². The second-order valence-corrected chi connectivity index (χ2v) is 4.60. The van der Waals surface area contributed by atoms with Crippen LogP contribution in [0.15, 0.2) is 48.5 Å². The Labute approximate surface area is 108 Å². The summed E-state index contributed by atoms with van der Waals surface area (Å²) in [6.45, 7) is 0. The largest absolute Gasteiger partial charge is 0.281 e. The van der Waals surface area contributed by atoms with Crippen LogP contribution in [0, 0.1) is 0 Å². The average molecular weight is 246 g/mol. The molecule has 0 unspecified atom stereocenters. The molecule has 0 N–H and O–H groups in total. The van der Waals surface area contributed by atoms with Crippen molar-refractivity contribution in [3.63, 3.8) is 0 Å². The molecule has 0 saturated heterocycles. The Hall–Kier alpha value is -2.68. The normalized spacial score (nSPS) is 13.9. The maximum atomic E-state index is 12.1. The molecule has 0 spiro atoms. The van der Waals surface area contributed by atoms with E-state index >= 15 is 0 Å². The van der Waals surface area contributed by atoms with Gasteiger partial charge in [0.2, 0.25) is 0 Å². The number of nitrogens with zero attached hydrogens (tertiary/aromatic N) is 1. The number of hydrogen-bond acceptors (Lipinski definition) is 2. The van der Waals surface area contributed by atoms with Crippen molar-refractivity contribution in [2.24, 2.45) is 0 Å². The standard InChI is InChI=1S/C16H8NO2/c18-15-12-7-3-5-10-8-9-4-1-2-6-11(9)14(13(10)12)16(19)17-15/h1-8H. The zero-order valence-electron chi connectivity index (χ0n) is 9.88. The van der Waals surface area contributed by atoms with Gasteiger partial charge in [-0.05, 0) is 28.3 Å². The monoisotopic (exact) mass is 246 g/mol. The SMILES string of the molecule is O=C1[N]C(=O)c2c3ccccc3cc3cccc1c23. The first-order chi connectivity index (χ1) is 9.25. The van der Waals surface area contributed by atoms with Crippen LogP contribution in [0.25, 0.3) is 21.5 Å². The first kappa shape index (κ1) is 10.3. The third-order valence-electron chi connectivity index (χ3n) is 3.54. The van der Waals surface area contributed by atoms with Crippen molar-refractivity contribution in [3.05, 3.63) is 59.7 Å². The summed E-state index contributed by atoms with van der Waals surface area (Å²) in [5.41, 5.74) is 1.06. The van der Waals surface area contributed by atoms with Crippen molar-refractivity contribution < 1.29 is 9.59 Å². The number of benzene rings is 3. The van der Waals surface area contributed by atoms with Crippen LogP contribution in [-0.2, 0) is 0 Å². The fourth-order valence-corrected chi connectivity index (χ4v) is 2.73. The average Bonchev–Trinajstić information content (AvgIpc) is 2.42. The first-order valence-corrected chi connectivity index (χ1v) is 6.00. The van der Waals surface area contributed by atoms with E-state index in [4.69, 9.17) is 0 Å². The highest BCUT2D eigenvalue weighted by atomic mass is 16.2. The Morgan fingerprint density at radius 1 is 0.789 bits per heavy atom. The van der Waals surface area contributed by atoms with Crippen LogP contribution >= 0.6 is 0 Å². The van der Waals surface area contributed by atoms with Crippen LogP contribution < -0.4 is 5.32 Å². The molecule has 3 heteroatoms. The summed E-state index contributed by atoms with van der Waals surface area (Å²) < 4.78 is 0. The molecule has 1 aliphatic rings. The minimum absolute atomic E-state index is 0.439. The van der Waals surface area contributed by atoms with E-state index < -0.39 is 11.8 Å². The molecule has 89 valence electrons. The Morgan fingerprint density at radius 2 is 1.58 bits per heavy atom. The zero-order chi connectivity index (χ0) is 13.0. The van der Waals surface area contributed by atoms with E-state index in [1.807, 2.05) is 42.5 Å². The van der Waals surface area contributed by atoms with Crippen molar-refractivity contribution in [3.8, 4) is 0 Å². The number of amides is 2. The van der Waals surface area contributed by atoms with Crippen molar-refractivity contribution in [1.82, 2.24) is 5.32 Å². The van der Waals surface area contributed by atoms with Gasteiger partial charge in [-0.1, -0.05) is 36.4 Å². The van der Waals surface area contributed by atoms with Gasteiger partial charge in [-0.25, -0.2) is 0 Å². The molecule has 19 heavy (non-hydrogen) atoms. The quantitative estimate of drug-likeness (QED) is 0.452. The molecule has 0 atom stereocenters. The van der Waals surface area contributed by atoms with Gasteiger partial charge in [-0.15, -0.1) is 0 Å². The van der Waals surface area contributed by atoms with E-state index in [-0.39, 0.29) is 0 Å². The lowest BCUT2D eigenvalue weighted by atomic mass is 9.90. The molecule has 1 aliphatic heterocycles. The van der Waals surface area contributed by atoms with E-state index in [2.05, 4.69) is 5.32 Å². The molecule has 1 heterocycles. The molecule has 3 nitrogen and oxygen atoms in total. The number of hydrogen-bond donors (Lipinski definition) is 0. The van der Waals surface area contributed by atoms with Gasteiger partial charge in [0.05, 0.1) is 11.1 Å². The van der Waals surface area contributed by atoms with E-state index in [1.165, 1.54) is 0 Å². The molecular weight excluding hydrogens is 238 g/mol. The van der Waals surface area contributed by atoms with Crippen molar-refractivity contribution >= 4 is 33.4 Å². The molecule has 0 bridgehead atoms. The maximum Gasteiger partial charge on any atom is 0.281 e. The van der Waals surface area contributed by atoms with E-state index in [0.29, 0.717) is 11.1 Å². The van der Waals surface area contributed by atoms with Gasteiger partial charge in [-0.3, -0.25) is 9.59 Å². The molecule has 2 amide bonds. The fraction of sp³-hybridized carbons (Fsp3) is 0. The van der Waals surface area contributed by atoms with Gasteiger partial charge in [0.25, 0.3) is 11.8 Å². The number of rotatable bonds is 0. The predicted molar refractivity (Wildman–Crippen MR) is 72.2 cm³/mol. The third kappa shape index (κ3) is 1.27. The summed E-state index contributed by atoms with van der Waals surface area (Å²) >= 11 is 0. The summed E-state index contributed by atoms with van der Waals surface area (Å²) in [5, 5.41) is 7.09. The maximum absolute atomic E-state index is 12.1. The van der Waals surface area contributed by atoms with Crippen LogP contribution in [0.5, 0.6) is 0 Å². The Kier molecular flexibility index (Phi) is 1.85. The molecule has 3 aromatic rings. The number of imide groups is 1. The Bertz CT molecular complexity index is 880. The Balaban J connectivity index is 2.35. The van der Waals surface area contributed by atoms with Crippen molar-refractivity contribution in [1.29, 1.82) is 0 Å². The molecule has 0 aliphatic carbocycles.